The number of nitrogens with zero attached hydrogens (tertiary/aromatic N) is 1. The van der Waals surface area contributed by atoms with E-state index in [1.165, 1.54) is 0 Å². The Morgan fingerprint density at radius 1 is 0.800 bits per heavy atom. The van der Waals surface area contributed by atoms with Crippen molar-refractivity contribution in [2.24, 2.45) is 0 Å². The van der Waals surface area contributed by atoms with Crippen LogP contribution in [0.2, 0.25) is 5.02 Å². The predicted molar refractivity (Wildman–Crippen MR) is 100 cm³/mol. The fraction of sp³-hybridized carbons (Fsp3) is 0.150. The molecule has 1 heterocycles. The number of aromatic nitrogens is 1. The molecule has 2 aromatic carbocycles. The van der Waals surface area contributed by atoms with Gasteiger partial charge in [0, 0.05) is 18.3 Å². The molecule has 5 heteroatoms. The van der Waals surface area contributed by atoms with Gasteiger partial charge < -0.3 is 14.8 Å². The highest BCUT2D eigenvalue weighted by Crippen LogP contribution is 2.23. The first-order valence-electron chi connectivity index (χ1n) is 8.06. The van der Waals surface area contributed by atoms with Gasteiger partial charge in [0.15, 0.2) is 0 Å². The van der Waals surface area contributed by atoms with Crippen LogP contribution < -0.4 is 14.8 Å². The van der Waals surface area contributed by atoms with E-state index in [0.29, 0.717) is 30.5 Å². The van der Waals surface area contributed by atoms with E-state index in [-0.39, 0.29) is 0 Å². The van der Waals surface area contributed by atoms with E-state index in [1.807, 2.05) is 60.7 Å². The summed E-state index contributed by atoms with van der Waals surface area (Å²) in [5, 5.41) is 3.88. The van der Waals surface area contributed by atoms with Crippen LogP contribution in [0, 0.1) is 0 Å². The van der Waals surface area contributed by atoms with Gasteiger partial charge in [0.25, 0.3) is 0 Å². The Kier molecular flexibility index (Phi) is 6.12. The lowest BCUT2D eigenvalue weighted by molar-refractivity contribution is 0.216. The molecule has 25 heavy (non-hydrogen) atoms. The van der Waals surface area contributed by atoms with Crippen molar-refractivity contribution in [1.29, 1.82) is 0 Å². The molecular weight excluding hydrogens is 336 g/mol. The maximum atomic E-state index is 6.06. The zero-order chi connectivity index (χ0) is 17.3. The van der Waals surface area contributed by atoms with E-state index >= 15 is 0 Å². The summed E-state index contributed by atoms with van der Waals surface area (Å²) in [4.78, 5) is 4.26. The Labute approximate surface area is 152 Å². The van der Waals surface area contributed by atoms with Crippen molar-refractivity contribution in [2.75, 3.05) is 18.5 Å². The summed E-state index contributed by atoms with van der Waals surface area (Å²) in [6, 6.07) is 21.1. The smallest absolute Gasteiger partial charge is 0.138 e. The highest BCUT2D eigenvalue weighted by Gasteiger charge is 2.04. The summed E-state index contributed by atoms with van der Waals surface area (Å²) in [7, 11) is 0. The molecule has 0 atom stereocenters. The van der Waals surface area contributed by atoms with Crippen LogP contribution in [-0.2, 0) is 6.54 Å². The second kappa shape index (κ2) is 8.94. The predicted octanol–water partition coefficient (Wildman–Crippen LogP) is 4.80. The molecule has 0 spiro atoms. The number of nitrogens with one attached hydrogen (secondary N) is 1. The van der Waals surface area contributed by atoms with Gasteiger partial charge in [-0.1, -0.05) is 48.0 Å². The number of benzene rings is 2. The number of anilines is 1. The molecule has 3 aromatic rings. The fourth-order valence-corrected chi connectivity index (χ4v) is 2.50. The summed E-state index contributed by atoms with van der Waals surface area (Å²) in [5.74, 6) is 2.32. The van der Waals surface area contributed by atoms with Gasteiger partial charge in [-0.15, -0.1) is 0 Å². The Bertz CT molecular complexity index is 796. The van der Waals surface area contributed by atoms with Gasteiger partial charge in [-0.25, -0.2) is 4.98 Å². The molecule has 0 fully saturated rings. The molecule has 0 amide bonds. The summed E-state index contributed by atoms with van der Waals surface area (Å²) >= 11 is 6.06. The second-order valence-corrected chi connectivity index (χ2v) is 5.71. The number of rotatable bonds is 8. The van der Waals surface area contributed by atoms with Crippen molar-refractivity contribution in [3.8, 4) is 11.5 Å². The third kappa shape index (κ3) is 5.13. The molecular formula is C20H19ClN2O2. The summed E-state index contributed by atoms with van der Waals surface area (Å²) in [6.07, 6.45) is 1.76. The Morgan fingerprint density at radius 2 is 1.48 bits per heavy atom. The molecule has 0 saturated carbocycles. The molecule has 0 bridgehead atoms. The number of hydrogen-bond donors (Lipinski definition) is 1. The molecule has 0 unspecified atom stereocenters. The monoisotopic (exact) mass is 354 g/mol. The number of halogens is 1. The third-order valence-electron chi connectivity index (χ3n) is 3.53. The summed E-state index contributed by atoms with van der Waals surface area (Å²) in [5.41, 5.74) is 1.06. The number of hydrogen-bond acceptors (Lipinski definition) is 4. The average Bonchev–Trinajstić information content (AvgIpc) is 2.66. The molecule has 4 nitrogen and oxygen atoms in total. The fourth-order valence-electron chi connectivity index (χ4n) is 2.31. The Hall–Kier alpha value is -2.72. The molecule has 0 saturated heterocycles. The topological polar surface area (TPSA) is 43.4 Å². The minimum absolute atomic E-state index is 0.422. The Morgan fingerprint density at radius 3 is 2.24 bits per heavy atom. The van der Waals surface area contributed by atoms with Gasteiger partial charge in [0.1, 0.15) is 30.5 Å². The maximum Gasteiger partial charge on any atom is 0.138 e. The lowest BCUT2D eigenvalue weighted by Crippen LogP contribution is -2.11. The first-order valence-corrected chi connectivity index (χ1v) is 8.43. The van der Waals surface area contributed by atoms with Gasteiger partial charge in [-0.05, 0) is 30.3 Å². The zero-order valence-electron chi connectivity index (χ0n) is 13.7. The molecule has 1 N–H and O–H groups in total. The molecule has 1 aromatic heterocycles. The van der Waals surface area contributed by atoms with Gasteiger partial charge in [-0.2, -0.15) is 0 Å². The van der Waals surface area contributed by atoms with Crippen molar-refractivity contribution < 1.29 is 9.47 Å². The molecule has 0 radical (unpaired) electrons. The van der Waals surface area contributed by atoms with Crippen LogP contribution in [0.3, 0.4) is 0 Å². The highest BCUT2D eigenvalue weighted by molar-refractivity contribution is 6.32. The van der Waals surface area contributed by atoms with Crippen molar-refractivity contribution in [3.63, 3.8) is 0 Å². The average molecular weight is 355 g/mol. The van der Waals surface area contributed by atoms with Crippen LogP contribution in [0.15, 0.2) is 72.9 Å². The second-order valence-electron chi connectivity index (χ2n) is 5.30. The number of pyridine rings is 1. The summed E-state index contributed by atoms with van der Waals surface area (Å²) < 4.78 is 11.5. The SMILES string of the molecule is Clc1ccccc1OCCOc1ccccc1CNc1ccccn1. The van der Waals surface area contributed by atoms with Gasteiger partial charge in [-0.3, -0.25) is 0 Å². The van der Waals surface area contributed by atoms with Gasteiger partial charge in [0.2, 0.25) is 0 Å². The Balaban J connectivity index is 1.51. The van der Waals surface area contributed by atoms with Crippen LogP contribution in [0.25, 0.3) is 0 Å². The van der Waals surface area contributed by atoms with Crippen LogP contribution in [0.4, 0.5) is 5.82 Å². The normalized spacial score (nSPS) is 10.3. The van der Waals surface area contributed by atoms with E-state index in [1.54, 1.807) is 12.3 Å². The van der Waals surface area contributed by atoms with E-state index in [4.69, 9.17) is 21.1 Å². The molecule has 0 aliphatic heterocycles. The van der Waals surface area contributed by atoms with Crippen molar-refractivity contribution >= 4 is 17.4 Å². The number of ether oxygens (including phenoxy) is 2. The van der Waals surface area contributed by atoms with Crippen molar-refractivity contribution in [3.05, 3.63) is 83.5 Å². The van der Waals surface area contributed by atoms with E-state index < -0.39 is 0 Å². The quantitative estimate of drug-likeness (QED) is 0.590. The van der Waals surface area contributed by atoms with Crippen molar-refractivity contribution in [2.45, 2.75) is 6.54 Å². The molecule has 0 aliphatic carbocycles. The largest absolute Gasteiger partial charge is 0.490 e. The lowest BCUT2D eigenvalue weighted by Gasteiger charge is -2.13. The molecule has 0 aliphatic rings. The van der Waals surface area contributed by atoms with Gasteiger partial charge >= 0.3 is 0 Å². The van der Waals surface area contributed by atoms with Crippen molar-refractivity contribution in [1.82, 2.24) is 4.98 Å². The molecule has 3 rings (SSSR count). The zero-order valence-corrected chi connectivity index (χ0v) is 14.4. The van der Waals surface area contributed by atoms with Crippen LogP contribution in [0.5, 0.6) is 11.5 Å². The van der Waals surface area contributed by atoms with E-state index in [0.717, 1.165) is 17.1 Å². The van der Waals surface area contributed by atoms with E-state index in [2.05, 4.69) is 10.3 Å². The molecule has 128 valence electrons. The first-order chi connectivity index (χ1) is 12.3. The van der Waals surface area contributed by atoms with Crippen LogP contribution >= 0.6 is 11.6 Å². The lowest BCUT2D eigenvalue weighted by atomic mass is 10.2. The minimum Gasteiger partial charge on any atom is -0.490 e. The minimum atomic E-state index is 0.422. The van der Waals surface area contributed by atoms with Crippen LogP contribution in [0.1, 0.15) is 5.56 Å². The van der Waals surface area contributed by atoms with E-state index in [9.17, 15) is 0 Å². The standard InChI is InChI=1S/C20H19ClN2O2/c21-17-8-2-4-10-19(17)25-14-13-24-18-9-3-1-7-16(18)15-23-20-11-5-6-12-22-20/h1-12H,13-15H2,(H,22,23). The number of para-hydroxylation sites is 2. The third-order valence-corrected chi connectivity index (χ3v) is 3.84. The maximum absolute atomic E-state index is 6.06. The summed E-state index contributed by atoms with van der Waals surface area (Å²) in [6.45, 7) is 1.50. The van der Waals surface area contributed by atoms with Crippen LogP contribution in [-0.4, -0.2) is 18.2 Å². The van der Waals surface area contributed by atoms with Gasteiger partial charge in [0.05, 0.1) is 5.02 Å². The highest BCUT2D eigenvalue weighted by atomic mass is 35.5. The first kappa shape index (κ1) is 17.1.